The maximum absolute atomic E-state index is 12.4. The fourth-order valence-corrected chi connectivity index (χ4v) is 2.54. The first-order valence-electron chi connectivity index (χ1n) is 8.48. The van der Waals surface area contributed by atoms with Crippen molar-refractivity contribution in [1.29, 1.82) is 0 Å². The number of benzene rings is 2. The average molecular weight is 351 g/mol. The van der Waals surface area contributed by atoms with Gasteiger partial charge >= 0.3 is 0 Å². The normalized spacial score (nSPS) is 10.6. The number of hydrogen-bond donors (Lipinski definition) is 1. The highest BCUT2D eigenvalue weighted by Gasteiger charge is 2.12. The lowest BCUT2D eigenvalue weighted by Gasteiger charge is -2.06. The number of nitrogens with zero attached hydrogens (tertiary/aromatic N) is 2. The maximum Gasteiger partial charge on any atom is 0.251 e. The van der Waals surface area contributed by atoms with Crippen molar-refractivity contribution in [3.05, 3.63) is 65.0 Å². The summed E-state index contributed by atoms with van der Waals surface area (Å²) >= 11 is 0. The van der Waals surface area contributed by atoms with Crippen LogP contribution in [0.4, 0.5) is 0 Å². The van der Waals surface area contributed by atoms with Crippen LogP contribution < -0.4 is 10.1 Å². The van der Waals surface area contributed by atoms with E-state index in [9.17, 15) is 4.79 Å². The molecule has 6 nitrogen and oxygen atoms in total. The third kappa shape index (κ3) is 4.08. The highest BCUT2D eigenvalue weighted by molar-refractivity contribution is 5.95. The molecule has 0 aliphatic heterocycles. The van der Waals surface area contributed by atoms with Gasteiger partial charge in [0.15, 0.2) is 0 Å². The zero-order chi connectivity index (χ0) is 18.5. The van der Waals surface area contributed by atoms with Crippen molar-refractivity contribution in [2.75, 3.05) is 6.61 Å². The van der Waals surface area contributed by atoms with Crippen LogP contribution in [0, 0.1) is 13.8 Å². The Morgan fingerprint density at radius 1 is 1.15 bits per heavy atom. The molecule has 3 aromatic rings. The monoisotopic (exact) mass is 351 g/mol. The number of rotatable bonds is 6. The molecule has 0 aliphatic rings. The molecule has 0 atom stereocenters. The second-order valence-electron chi connectivity index (χ2n) is 5.97. The molecule has 1 N–H and O–H groups in total. The lowest BCUT2D eigenvalue weighted by atomic mass is 10.1. The van der Waals surface area contributed by atoms with Gasteiger partial charge in [-0.2, -0.15) is 4.98 Å². The Hall–Kier alpha value is -3.15. The molecule has 3 rings (SSSR count). The molecular weight excluding hydrogens is 330 g/mol. The van der Waals surface area contributed by atoms with Crippen molar-refractivity contribution < 1.29 is 14.1 Å². The number of ether oxygens (including phenoxy) is 1. The highest BCUT2D eigenvalue weighted by Crippen LogP contribution is 2.20. The summed E-state index contributed by atoms with van der Waals surface area (Å²) in [4.78, 5) is 16.7. The molecule has 1 heterocycles. The van der Waals surface area contributed by atoms with Gasteiger partial charge in [-0.05, 0) is 56.7 Å². The number of aryl methyl sites for hydroxylation is 2. The van der Waals surface area contributed by atoms with Crippen LogP contribution in [0.2, 0.25) is 0 Å². The van der Waals surface area contributed by atoms with E-state index in [4.69, 9.17) is 9.26 Å². The van der Waals surface area contributed by atoms with Gasteiger partial charge in [0.1, 0.15) is 5.75 Å². The number of hydrogen-bond acceptors (Lipinski definition) is 5. The summed E-state index contributed by atoms with van der Waals surface area (Å²) in [5.41, 5.74) is 3.44. The van der Waals surface area contributed by atoms with Crippen LogP contribution in [-0.4, -0.2) is 22.7 Å². The van der Waals surface area contributed by atoms with E-state index in [2.05, 4.69) is 15.5 Å². The van der Waals surface area contributed by atoms with Crippen LogP contribution in [0.1, 0.15) is 34.3 Å². The van der Waals surface area contributed by atoms with E-state index < -0.39 is 0 Å². The SMILES string of the molecule is CCOc1ccc(-c2noc(CNC(=O)c3cc(C)ccc3C)n2)cc1. The molecule has 6 heteroatoms. The van der Waals surface area contributed by atoms with Gasteiger partial charge in [0.25, 0.3) is 5.91 Å². The second kappa shape index (κ2) is 7.82. The quantitative estimate of drug-likeness (QED) is 0.733. The molecule has 0 aliphatic carbocycles. The zero-order valence-corrected chi connectivity index (χ0v) is 15.1. The first-order chi connectivity index (χ1) is 12.6. The molecule has 0 fully saturated rings. The van der Waals surface area contributed by atoms with Gasteiger partial charge in [0.2, 0.25) is 11.7 Å². The van der Waals surface area contributed by atoms with Gasteiger partial charge in [-0.1, -0.05) is 22.9 Å². The first-order valence-corrected chi connectivity index (χ1v) is 8.48. The molecule has 134 valence electrons. The maximum atomic E-state index is 12.4. The Labute approximate surface area is 152 Å². The van der Waals surface area contributed by atoms with Crippen LogP contribution in [0.3, 0.4) is 0 Å². The molecule has 1 aromatic heterocycles. The van der Waals surface area contributed by atoms with Crippen molar-refractivity contribution >= 4 is 5.91 Å². The summed E-state index contributed by atoms with van der Waals surface area (Å²) in [7, 11) is 0. The predicted molar refractivity (Wildman–Crippen MR) is 98.0 cm³/mol. The molecule has 26 heavy (non-hydrogen) atoms. The van der Waals surface area contributed by atoms with Crippen LogP contribution in [0.25, 0.3) is 11.4 Å². The second-order valence-corrected chi connectivity index (χ2v) is 5.97. The summed E-state index contributed by atoms with van der Waals surface area (Å²) in [5.74, 6) is 1.46. The number of nitrogens with one attached hydrogen (secondary N) is 1. The summed E-state index contributed by atoms with van der Waals surface area (Å²) in [6.45, 7) is 6.59. The zero-order valence-electron chi connectivity index (χ0n) is 15.1. The van der Waals surface area contributed by atoms with Gasteiger partial charge in [-0.25, -0.2) is 0 Å². The molecule has 0 radical (unpaired) electrons. The summed E-state index contributed by atoms with van der Waals surface area (Å²) in [5, 5.41) is 6.78. The minimum Gasteiger partial charge on any atom is -0.494 e. The molecular formula is C20H21N3O3. The van der Waals surface area contributed by atoms with Crippen molar-refractivity contribution in [3.63, 3.8) is 0 Å². The van der Waals surface area contributed by atoms with Gasteiger partial charge in [0, 0.05) is 11.1 Å². The largest absolute Gasteiger partial charge is 0.494 e. The van der Waals surface area contributed by atoms with Crippen LogP contribution in [0.5, 0.6) is 5.75 Å². The average Bonchev–Trinajstić information content (AvgIpc) is 3.11. The standard InChI is InChI=1S/C20H21N3O3/c1-4-25-16-9-7-15(8-10-16)19-22-18(26-23-19)12-21-20(24)17-11-13(2)5-6-14(17)3/h5-11H,4,12H2,1-3H3,(H,21,24). The molecule has 0 unspecified atom stereocenters. The lowest BCUT2D eigenvalue weighted by molar-refractivity contribution is 0.0945. The fraction of sp³-hybridized carbons (Fsp3) is 0.250. The topological polar surface area (TPSA) is 77.3 Å². The number of amides is 1. The van der Waals surface area contributed by atoms with E-state index in [1.165, 1.54) is 0 Å². The van der Waals surface area contributed by atoms with Crippen LogP contribution in [-0.2, 0) is 6.54 Å². The van der Waals surface area contributed by atoms with Crippen LogP contribution in [0.15, 0.2) is 47.0 Å². The Morgan fingerprint density at radius 3 is 2.65 bits per heavy atom. The van der Waals surface area contributed by atoms with Gasteiger partial charge < -0.3 is 14.6 Å². The predicted octanol–water partition coefficient (Wildman–Crippen LogP) is 3.68. The minimum absolute atomic E-state index is 0.160. The number of carbonyl (C=O) groups is 1. The molecule has 0 saturated heterocycles. The lowest BCUT2D eigenvalue weighted by Crippen LogP contribution is -2.23. The van der Waals surface area contributed by atoms with Crippen LogP contribution >= 0.6 is 0 Å². The first kappa shape index (κ1) is 17.7. The van der Waals surface area contributed by atoms with E-state index >= 15 is 0 Å². The molecule has 0 spiro atoms. The third-order valence-electron chi connectivity index (χ3n) is 3.93. The molecule has 2 aromatic carbocycles. The number of carbonyl (C=O) groups excluding carboxylic acids is 1. The fourth-order valence-electron chi connectivity index (χ4n) is 2.54. The van der Waals surface area contributed by atoms with E-state index in [1.54, 1.807) is 0 Å². The van der Waals surface area contributed by atoms with Crippen molar-refractivity contribution in [2.24, 2.45) is 0 Å². The van der Waals surface area contributed by atoms with E-state index in [0.717, 1.165) is 22.4 Å². The smallest absolute Gasteiger partial charge is 0.251 e. The third-order valence-corrected chi connectivity index (χ3v) is 3.93. The molecule has 1 amide bonds. The van der Waals surface area contributed by atoms with Crippen molar-refractivity contribution in [2.45, 2.75) is 27.3 Å². The molecule has 0 bridgehead atoms. The summed E-state index contributed by atoms with van der Waals surface area (Å²) in [6.07, 6.45) is 0. The van der Waals surface area contributed by atoms with Gasteiger partial charge in [-0.15, -0.1) is 0 Å². The van der Waals surface area contributed by atoms with Crippen molar-refractivity contribution in [3.8, 4) is 17.1 Å². The van der Waals surface area contributed by atoms with E-state index in [0.29, 0.717) is 23.9 Å². The number of aromatic nitrogens is 2. The minimum atomic E-state index is -0.160. The van der Waals surface area contributed by atoms with Crippen molar-refractivity contribution in [1.82, 2.24) is 15.5 Å². The Morgan fingerprint density at radius 2 is 1.92 bits per heavy atom. The Balaban J connectivity index is 1.65. The highest BCUT2D eigenvalue weighted by atomic mass is 16.5. The summed E-state index contributed by atoms with van der Waals surface area (Å²) < 4.78 is 10.6. The Kier molecular flexibility index (Phi) is 5.31. The van der Waals surface area contributed by atoms with Gasteiger partial charge in [-0.3, -0.25) is 4.79 Å². The van der Waals surface area contributed by atoms with Gasteiger partial charge in [0.05, 0.1) is 13.2 Å². The van der Waals surface area contributed by atoms with E-state index in [1.807, 2.05) is 63.2 Å². The summed E-state index contributed by atoms with van der Waals surface area (Å²) in [6, 6.07) is 13.2. The molecule has 0 saturated carbocycles. The Bertz CT molecular complexity index is 901. The van der Waals surface area contributed by atoms with E-state index in [-0.39, 0.29) is 12.5 Å².